The third-order valence-corrected chi connectivity index (χ3v) is 3.87. The first-order chi connectivity index (χ1) is 9.58. The maximum atomic E-state index is 12.0. The second-order valence-corrected chi connectivity index (χ2v) is 5.83. The number of hydrogen-bond donors (Lipinski definition) is 2. The number of hydrogen-bond acceptors (Lipinski definition) is 4. The molecular formula is C14H25N3O3. The van der Waals surface area contributed by atoms with Crippen LogP contribution in [-0.4, -0.2) is 61.6 Å². The lowest BCUT2D eigenvalue weighted by Crippen LogP contribution is -2.53. The van der Waals surface area contributed by atoms with Gasteiger partial charge in [-0.15, -0.1) is 0 Å². The molecule has 0 radical (unpaired) electrons. The SMILES string of the molecule is CC(C)C(=O)N1CCC(NC(=O)C2CNCCO2)CC1. The molecule has 0 aromatic carbocycles. The maximum Gasteiger partial charge on any atom is 0.250 e. The predicted octanol–water partition coefficient (Wildman–Crippen LogP) is -0.262. The highest BCUT2D eigenvalue weighted by Gasteiger charge is 2.28. The summed E-state index contributed by atoms with van der Waals surface area (Å²) in [6.45, 7) is 7.26. The Morgan fingerprint density at radius 2 is 2.00 bits per heavy atom. The van der Waals surface area contributed by atoms with Crippen molar-refractivity contribution in [3.63, 3.8) is 0 Å². The highest BCUT2D eigenvalue weighted by molar-refractivity contribution is 5.81. The van der Waals surface area contributed by atoms with Gasteiger partial charge in [-0.3, -0.25) is 9.59 Å². The first-order valence-corrected chi connectivity index (χ1v) is 7.49. The van der Waals surface area contributed by atoms with Crippen LogP contribution >= 0.6 is 0 Å². The van der Waals surface area contributed by atoms with Gasteiger partial charge in [0.15, 0.2) is 0 Å². The van der Waals surface area contributed by atoms with Crippen molar-refractivity contribution in [1.82, 2.24) is 15.5 Å². The van der Waals surface area contributed by atoms with Crippen molar-refractivity contribution >= 4 is 11.8 Å². The van der Waals surface area contributed by atoms with E-state index >= 15 is 0 Å². The van der Waals surface area contributed by atoms with Gasteiger partial charge < -0.3 is 20.3 Å². The lowest BCUT2D eigenvalue weighted by molar-refractivity contribution is -0.137. The molecule has 2 aliphatic heterocycles. The molecule has 6 heteroatoms. The third-order valence-electron chi connectivity index (χ3n) is 3.87. The Kier molecular flexibility index (Phi) is 5.37. The summed E-state index contributed by atoms with van der Waals surface area (Å²) in [5.41, 5.74) is 0. The van der Waals surface area contributed by atoms with Crippen molar-refractivity contribution in [1.29, 1.82) is 0 Å². The Morgan fingerprint density at radius 1 is 1.30 bits per heavy atom. The smallest absolute Gasteiger partial charge is 0.250 e. The van der Waals surface area contributed by atoms with Crippen molar-refractivity contribution in [2.75, 3.05) is 32.8 Å². The van der Waals surface area contributed by atoms with Crippen molar-refractivity contribution in [2.45, 2.75) is 38.8 Å². The molecule has 0 aromatic rings. The van der Waals surface area contributed by atoms with E-state index in [-0.39, 0.29) is 29.9 Å². The van der Waals surface area contributed by atoms with E-state index in [0.717, 1.165) is 32.5 Å². The lowest BCUT2D eigenvalue weighted by Gasteiger charge is -2.34. The molecule has 2 heterocycles. The van der Waals surface area contributed by atoms with Crippen LogP contribution < -0.4 is 10.6 Å². The molecule has 114 valence electrons. The molecule has 0 saturated carbocycles. The van der Waals surface area contributed by atoms with E-state index in [1.54, 1.807) is 0 Å². The van der Waals surface area contributed by atoms with Crippen LogP contribution in [0.4, 0.5) is 0 Å². The van der Waals surface area contributed by atoms with Gasteiger partial charge in [0, 0.05) is 38.1 Å². The van der Waals surface area contributed by atoms with Gasteiger partial charge in [-0.05, 0) is 12.8 Å². The molecule has 2 fully saturated rings. The van der Waals surface area contributed by atoms with Crippen LogP contribution in [-0.2, 0) is 14.3 Å². The minimum absolute atomic E-state index is 0.0363. The number of likely N-dealkylation sites (tertiary alicyclic amines) is 1. The summed E-state index contributed by atoms with van der Waals surface area (Å²) in [6.07, 6.45) is 1.27. The molecule has 1 atom stereocenters. The zero-order valence-electron chi connectivity index (χ0n) is 12.4. The van der Waals surface area contributed by atoms with E-state index < -0.39 is 0 Å². The fourth-order valence-electron chi connectivity index (χ4n) is 2.64. The highest BCUT2D eigenvalue weighted by Crippen LogP contribution is 2.13. The van der Waals surface area contributed by atoms with Crippen LogP contribution in [0.2, 0.25) is 0 Å². The van der Waals surface area contributed by atoms with Crippen molar-refractivity contribution < 1.29 is 14.3 Å². The van der Waals surface area contributed by atoms with Crippen molar-refractivity contribution in [3.8, 4) is 0 Å². The number of piperidine rings is 1. The van der Waals surface area contributed by atoms with E-state index in [1.165, 1.54) is 0 Å². The molecule has 1 unspecified atom stereocenters. The molecule has 6 nitrogen and oxygen atoms in total. The number of carbonyl (C=O) groups is 2. The summed E-state index contributed by atoms with van der Waals surface area (Å²) in [5.74, 6) is 0.211. The summed E-state index contributed by atoms with van der Waals surface area (Å²) in [5, 5.41) is 6.18. The number of nitrogens with one attached hydrogen (secondary N) is 2. The normalized spacial score (nSPS) is 24.8. The first-order valence-electron chi connectivity index (χ1n) is 7.49. The number of rotatable bonds is 3. The number of morpholine rings is 1. The van der Waals surface area contributed by atoms with Gasteiger partial charge in [0.1, 0.15) is 6.10 Å². The van der Waals surface area contributed by atoms with E-state index in [2.05, 4.69) is 10.6 Å². The van der Waals surface area contributed by atoms with Gasteiger partial charge in [-0.1, -0.05) is 13.8 Å². The standard InChI is InChI=1S/C14H25N3O3/c1-10(2)14(19)17-6-3-11(4-7-17)16-13(18)12-9-15-5-8-20-12/h10-12,15H,3-9H2,1-2H3,(H,16,18). The minimum Gasteiger partial charge on any atom is -0.366 e. The van der Waals surface area contributed by atoms with Crippen molar-refractivity contribution in [3.05, 3.63) is 0 Å². The molecule has 2 amide bonds. The van der Waals surface area contributed by atoms with Crippen LogP contribution in [0, 0.1) is 5.92 Å². The Balaban J connectivity index is 1.73. The summed E-state index contributed by atoms with van der Waals surface area (Å²) >= 11 is 0. The lowest BCUT2D eigenvalue weighted by atomic mass is 10.0. The van der Waals surface area contributed by atoms with Crippen LogP contribution in [0.3, 0.4) is 0 Å². The number of nitrogens with zero attached hydrogens (tertiary/aromatic N) is 1. The predicted molar refractivity (Wildman–Crippen MR) is 75.2 cm³/mol. The largest absolute Gasteiger partial charge is 0.366 e. The summed E-state index contributed by atoms with van der Waals surface area (Å²) < 4.78 is 5.43. The van der Waals surface area contributed by atoms with Gasteiger partial charge in [-0.25, -0.2) is 0 Å². The molecule has 0 bridgehead atoms. The molecule has 0 aliphatic carbocycles. The fraction of sp³-hybridized carbons (Fsp3) is 0.857. The molecule has 2 aliphatic rings. The van der Waals surface area contributed by atoms with E-state index in [4.69, 9.17) is 4.74 Å². The fourth-order valence-corrected chi connectivity index (χ4v) is 2.64. The first kappa shape index (κ1) is 15.3. The number of amides is 2. The van der Waals surface area contributed by atoms with Gasteiger partial charge in [-0.2, -0.15) is 0 Å². The summed E-state index contributed by atoms with van der Waals surface area (Å²) in [4.78, 5) is 25.8. The average molecular weight is 283 g/mol. The Morgan fingerprint density at radius 3 is 2.55 bits per heavy atom. The third kappa shape index (κ3) is 3.93. The van der Waals surface area contributed by atoms with Gasteiger partial charge in [0.2, 0.25) is 5.91 Å². The zero-order chi connectivity index (χ0) is 14.5. The Labute approximate surface area is 120 Å². The highest BCUT2D eigenvalue weighted by atomic mass is 16.5. The molecule has 2 rings (SSSR count). The average Bonchev–Trinajstić information content (AvgIpc) is 2.48. The summed E-state index contributed by atoms with van der Waals surface area (Å²) in [6, 6.07) is 0.157. The molecule has 0 spiro atoms. The molecule has 2 N–H and O–H groups in total. The molecule has 20 heavy (non-hydrogen) atoms. The number of ether oxygens (including phenoxy) is 1. The quantitative estimate of drug-likeness (QED) is 0.748. The Hall–Kier alpha value is -1.14. The summed E-state index contributed by atoms with van der Waals surface area (Å²) in [7, 11) is 0. The van der Waals surface area contributed by atoms with Gasteiger partial charge in [0.05, 0.1) is 6.61 Å². The second kappa shape index (κ2) is 7.04. The van der Waals surface area contributed by atoms with E-state index in [0.29, 0.717) is 13.2 Å². The minimum atomic E-state index is -0.376. The maximum absolute atomic E-state index is 12.0. The van der Waals surface area contributed by atoms with Crippen LogP contribution in [0.1, 0.15) is 26.7 Å². The second-order valence-electron chi connectivity index (χ2n) is 5.83. The van der Waals surface area contributed by atoms with Crippen LogP contribution in [0.5, 0.6) is 0 Å². The van der Waals surface area contributed by atoms with Crippen LogP contribution in [0.25, 0.3) is 0 Å². The molecule has 2 saturated heterocycles. The molecular weight excluding hydrogens is 258 g/mol. The van der Waals surface area contributed by atoms with Crippen LogP contribution in [0.15, 0.2) is 0 Å². The monoisotopic (exact) mass is 283 g/mol. The topological polar surface area (TPSA) is 70.7 Å². The van der Waals surface area contributed by atoms with E-state index in [9.17, 15) is 9.59 Å². The van der Waals surface area contributed by atoms with Gasteiger partial charge in [0.25, 0.3) is 5.91 Å². The Bertz CT molecular complexity index is 346. The van der Waals surface area contributed by atoms with E-state index in [1.807, 2.05) is 18.7 Å². The number of carbonyl (C=O) groups excluding carboxylic acids is 2. The molecule has 0 aromatic heterocycles. The van der Waals surface area contributed by atoms with Crippen molar-refractivity contribution in [2.24, 2.45) is 5.92 Å². The zero-order valence-corrected chi connectivity index (χ0v) is 12.4. The van der Waals surface area contributed by atoms with Gasteiger partial charge >= 0.3 is 0 Å².